The molecule has 1 heterocycles. The second-order valence-electron chi connectivity index (χ2n) is 4.18. The summed E-state index contributed by atoms with van der Waals surface area (Å²) in [5, 5.41) is -0.248. The van der Waals surface area contributed by atoms with Gasteiger partial charge in [-0.2, -0.15) is 11.8 Å². The minimum atomic E-state index is -0.248. The van der Waals surface area contributed by atoms with Crippen LogP contribution in [-0.2, 0) is 14.4 Å². The summed E-state index contributed by atoms with van der Waals surface area (Å²) in [7, 11) is 0. The first-order chi connectivity index (χ1) is 7.47. The van der Waals surface area contributed by atoms with E-state index >= 15 is 0 Å². The molecule has 1 atom stereocenters. The first-order valence-corrected chi connectivity index (χ1v) is 6.66. The van der Waals surface area contributed by atoms with Gasteiger partial charge in [0.25, 0.3) is 0 Å². The summed E-state index contributed by atoms with van der Waals surface area (Å²) < 4.78 is 0. The van der Waals surface area contributed by atoms with Crippen molar-refractivity contribution in [1.82, 2.24) is 4.90 Å². The number of carbonyl (C=O) groups excluding carboxylic acids is 3. The Hall–Kier alpha value is -0.840. The molecule has 1 fully saturated rings. The SMILES string of the molecule is CSC1CC(=O)N(CCC(=O)C(C)C)C1=O. The molecule has 1 aliphatic heterocycles. The van der Waals surface area contributed by atoms with Crippen LogP contribution in [0, 0.1) is 5.92 Å². The summed E-state index contributed by atoms with van der Waals surface area (Å²) in [4.78, 5) is 35.9. The normalized spacial score (nSPS) is 21.0. The summed E-state index contributed by atoms with van der Waals surface area (Å²) in [6.07, 6.45) is 2.37. The highest BCUT2D eigenvalue weighted by molar-refractivity contribution is 8.00. The van der Waals surface area contributed by atoms with Crippen molar-refractivity contribution >= 4 is 29.4 Å². The second-order valence-corrected chi connectivity index (χ2v) is 5.22. The van der Waals surface area contributed by atoms with Crippen molar-refractivity contribution in [3.05, 3.63) is 0 Å². The van der Waals surface area contributed by atoms with E-state index in [2.05, 4.69) is 0 Å². The van der Waals surface area contributed by atoms with E-state index in [1.165, 1.54) is 16.7 Å². The van der Waals surface area contributed by atoms with Gasteiger partial charge in [-0.1, -0.05) is 13.8 Å². The Balaban J connectivity index is 2.52. The Labute approximate surface area is 99.8 Å². The minimum absolute atomic E-state index is 0.0378. The van der Waals surface area contributed by atoms with Gasteiger partial charge in [0.15, 0.2) is 0 Å². The van der Waals surface area contributed by atoms with E-state index in [4.69, 9.17) is 0 Å². The molecule has 1 saturated heterocycles. The molecular formula is C11H17NO3S. The Bertz CT molecular complexity index is 314. The molecule has 1 rings (SSSR count). The topological polar surface area (TPSA) is 54.5 Å². The molecule has 2 amide bonds. The smallest absolute Gasteiger partial charge is 0.242 e. The molecule has 0 bridgehead atoms. The van der Waals surface area contributed by atoms with Gasteiger partial charge in [0.1, 0.15) is 5.78 Å². The van der Waals surface area contributed by atoms with Crippen LogP contribution in [0.1, 0.15) is 26.7 Å². The van der Waals surface area contributed by atoms with Gasteiger partial charge in [0.2, 0.25) is 11.8 Å². The molecule has 4 nitrogen and oxygen atoms in total. The first kappa shape index (κ1) is 13.2. The molecule has 1 aliphatic rings. The maximum atomic E-state index is 11.7. The van der Waals surface area contributed by atoms with E-state index in [0.717, 1.165) is 0 Å². The lowest BCUT2D eigenvalue weighted by molar-refractivity contribution is -0.138. The number of ketones is 1. The summed E-state index contributed by atoms with van der Waals surface area (Å²) >= 11 is 1.39. The average Bonchev–Trinajstić information content (AvgIpc) is 2.51. The fraction of sp³-hybridized carbons (Fsp3) is 0.727. The van der Waals surface area contributed by atoms with Crippen molar-refractivity contribution < 1.29 is 14.4 Å². The molecule has 1 unspecified atom stereocenters. The maximum Gasteiger partial charge on any atom is 0.242 e. The lowest BCUT2D eigenvalue weighted by Crippen LogP contribution is -2.33. The lowest BCUT2D eigenvalue weighted by atomic mass is 10.1. The molecule has 0 aromatic rings. The van der Waals surface area contributed by atoms with Crippen LogP contribution in [0.2, 0.25) is 0 Å². The highest BCUT2D eigenvalue weighted by Crippen LogP contribution is 2.23. The third kappa shape index (κ3) is 2.84. The second kappa shape index (κ2) is 5.48. The fourth-order valence-electron chi connectivity index (χ4n) is 1.58. The van der Waals surface area contributed by atoms with Crippen LogP contribution >= 0.6 is 11.8 Å². The number of rotatable bonds is 5. The molecule has 0 radical (unpaired) electrons. The van der Waals surface area contributed by atoms with E-state index in [1.807, 2.05) is 20.1 Å². The predicted molar refractivity (Wildman–Crippen MR) is 63.1 cm³/mol. The van der Waals surface area contributed by atoms with Crippen LogP contribution < -0.4 is 0 Å². The third-order valence-corrected chi connectivity index (χ3v) is 3.65. The number of nitrogens with zero attached hydrogens (tertiary/aromatic N) is 1. The van der Waals surface area contributed by atoms with Crippen molar-refractivity contribution in [2.45, 2.75) is 31.9 Å². The maximum absolute atomic E-state index is 11.7. The monoisotopic (exact) mass is 243 g/mol. The van der Waals surface area contributed by atoms with Gasteiger partial charge in [0.05, 0.1) is 5.25 Å². The van der Waals surface area contributed by atoms with E-state index in [1.54, 1.807) is 0 Å². The van der Waals surface area contributed by atoms with Crippen molar-refractivity contribution in [2.24, 2.45) is 5.92 Å². The lowest BCUT2D eigenvalue weighted by Gasteiger charge is -2.14. The summed E-state index contributed by atoms with van der Waals surface area (Å²) in [6, 6.07) is 0. The van der Waals surface area contributed by atoms with Gasteiger partial charge in [-0.05, 0) is 6.26 Å². The molecule has 5 heteroatoms. The van der Waals surface area contributed by atoms with Crippen LogP contribution in [0.5, 0.6) is 0 Å². The average molecular weight is 243 g/mol. The fourth-order valence-corrected chi connectivity index (χ4v) is 2.22. The Morgan fingerprint density at radius 1 is 1.50 bits per heavy atom. The quantitative estimate of drug-likeness (QED) is 0.678. The van der Waals surface area contributed by atoms with Gasteiger partial charge < -0.3 is 0 Å². The van der Waals surface area contributed by atoms with Crippen LogP contribution in [-0.4, -0.2) is 40.5 Å². The van der Waals surface area contributed by atoms with Crippen LogP contribution in [0.15, 0.2) is 0 Å². The molecular weight excluding hydrogens is 226 g/mol. The van der Waals surface area contributed by atoms with Gasteiger partial charge in [-0.15, -0.1) is 0 Å². The number of imide groups is 1. The zero-order chi connectivity index (χ0) is 12.3. The Kier molecular flexibility index (Phi) is 4.53. The van der Waals surface area contributed by atoms with Crippen LogP contribution in [0.3, 0.4) is 0 Å². The van der Waals surface area contributed by atoms with Crippen LogP contribution in [0.4, 0.5) is 0 Å². The molecule has 0 aromatic carbocycles. The van der Waals surface area contributed by atoms with Gasteiger partial charge in [-0.3, -0.25) is 19.3 Å². The van der Waals surface area contributed by atoms with E-state index in [9.17, 15) is 14.4 Å². The zero-order valence-electron chi connectivity index (χ0n) is 9.86. The minimum Gasteiger partial charge on any atom is -0.299 e. The van der Waals surface area contributed by atoms with E-state index in [-0.39, 0.29) is 48.2 Å². The highest BCUT2D eigenvalue weighted by atomic mass is 32.2. The third-order valence-electron chi connectivity index (χ3n) is 2.71. The van der Waals surface area contributed by atoms with Crippen molar-refractivity contribution in [3.63, 3.8) is 0 Å². The molecule has 0 spiro atoms. The van der Waals surface area contributed by atoms with Gasteiger partial charge in [0, 0.05) is 25.3 Å². The molecule has 0 aliphatic carbocycles. The number of thioether (sulfide) groups is 1. The standard InChI is InChI=1S/C11H17NO3S/c1-7(2)8(13)4-5-12-10(14)6-9(16-3)11(12)15/h7,9H,4-6H2,1-3H3. The zero-order valence-corrected chi connectivity index (χ0v) is 10.7. The summed E-state index contributed by atoms with van der Waals surface area (Å²) in [5.74, 6) is -0.243. The van der Waals surface area contributed by atoms with Crippen LogP contribution in [0.25, 0.3) is 0 Å². The predicted octanol–water partition coefficient (Wildman–Crippen LogP) is 1.09. The first-order valence-electron chi connectivity index (χ1n) is 5.37. The summed E-state index contributed by atoms with van der Waals surface area (Å²) in [5.41, 5.74) is 0. The number of carbonyl (C=O) groups is 3. The van der Waals surface area contributed by atoms with Crippen molar-refractivity contribution in [1.29, 1.82) is 0 Å². The van der Waals surface area contributed by atoms with Crippen molar-refractivity contribution in [2.75, 3.05) is 12.8 Å². The Morgan fingerprint density at radius 3 is 2.56 bits per heavy atom. The van der Waals surface area contributed by atoms with Crippen molar-refractivity contribution in [3.8, 4) is 0 Å². The van der Waals surface area contributed by atoms with E-state index < -0.39 is 0 Å². The van der Waals surface area contributed by atoms with Gasteiger partial charge in [-0.25, -0.2) is 0 Å². The summed E-state index contributed by atoms with van der Waals surface area (Å²) in [6.45, 7) is 3.88. The molecule has 0 aromatic heterocycles. The number of amides is 2. The largest absolute Gasteiger partial charge is 0.299 e. The molecule has 0 saturated carbocycles. The number of hydrogen-bond acceptors (Lipinski definition) is 4. The highest BCUT2D eigenvalue weighted by Gasteiger charge is 2.37. The molecule has 90 valence electrons. The van der Waals surface area contributed by atoms with Gasteiger partial charge >= 0.3 is 0 Å². The number of hydrogen-bond donors (Lipinski definition) is 0. The number of likely N-dealkylation sites (tertiary alicyclic amines) is 1. The molecule has 0 N–H and O–H groups in total. The molecule has 16 heavy (non-hydrogen) atoms. The number of Topliss-reactive ketones (excluding diaryl/α,β-unsaturated/α-hetero) is 1. The van der Waals surface area contributed by atoms with E-state index in [0.29, 0.717) is 0 Å². The Morgan fingerprint density at radius 2 is 2.12 bits per heavy atom.